The van der Waals surface area contributed by atoms with Crippen LogP contribution < -0.4 is 5.73 Å². The lowest BCUT2D eigenvalue weighted by Gasteiger charge is -2.06. The molecule has 4 nitrogen and oxygen atoms in total. The van der Waals surface area contributed by atoms with E-state index < -0.39 is 11.8 Å². The first-order valence-corrected chi connectivity index (χ1v) is 4.55. The summed E-state index contributed by atoms with van der Waals surface area (Å²) in [6.45, 7) is 0. The van der Waals surface area contributed by atoms with Crippen molar-refractivity contribution in [1.29, 1.82) is 0 Å². The summed E-state index contributed by atoms with van der Waals surface area (Å²) >= 11 is 0. The van der Waals surface area contributed by atoms with Crippen LogP contribution in [0.4, 0.5) is 10.1 Å². The number of carbonyl (C=O) groups is 1. The largest absolute Gasteiger partial charge is 0.465 e. The summed E-state index contributed by atoms with van der Waals surface area (Å²) in [5.74, 6) is -1.01. The topological polar surface area (TPSA) is 65.2 Å². The lowest BCUT2D eigenvalue weighted by atomic mass is 10.1. The van der Waals surface area contributed by atoms with Gasteiger partial charge in [-0.05, 0) is 18.2 Å². The van der Waals surface area contributed by atoms with Gasteiger partial charge < -0.3 is 10.5 Å². The van der Waals surface area contributed by atoms with Crippen LogP contribution in [-0.4, -0.2) is 18.1 Å². The number of pyridine rings is 1. The Morgan fingerprint density at radius 1 is 1.50 bits per heavy atom. The van der Waals surface area contributed by atoms with E-state index in [1.165, 1.54) is 31.5 Å². The number of methoxy groups -OCH3 is 1. The minimum absolute atomic E-state index is 0.139. The van der Waals surface area contributed by atoms with Crippen molar-refractivity contribution in [3.63, 3.8) is 0 Å². The maximum absolute atomic E-state index is 13.0. The third-order valence-corrected chi connectivity index (χ3v) is 2.28. The summed E-state index contributed by atoms with van der Waals surface area (Å²) in [5, 5.41) is 0.405. The molecule has 82 valence electrons. The molecular weight excluding hydrogens is 211 g/mol. The molecule has 0 saturated carbocycles. The summed E-state index contributed by atoms with van der Waals surface area (Å²) in [4.78, 5) is 15.3. The number of nitrogens with zero attached hydrogens (tertiary/aromatic N) is 1. The van der Waals surface area contributed by atoms with Crippen LogP contribution >= 0.6 is 0 Å². The first-order chi connectivity index (χ1) is 7.63. The fourth-order valence-corrected chi connectivity index (χ4v) is 1.46. The number of benzene rings is 1. The second-order valence-electron chi connectivity index (χ2n) is 3.24. The van der Waals surface area contributed by atoms with Crippen molar-refractivity contribution in [2.24, 2.45) is 0 Å². The molecule has 1 aromatic heterocycles. The smallest absolute Gasteiger partial charge is 0.341 e. The third kappa shape index (κ3) is 1.56. The van der Waals surface area contributed by atoms with E-state index in [0.717, 1.165) is 0 Å². The number of carbonyl (C=O) groups excluding carboxylic acids is 1. The average molecular weight is 220 g/mol. The highest BCUT2D eigenvalue weighted by atomic mass is 19.1. The molecule has 0 radical (unpaired) electrons. The Bertz CT molecular complexity index is 569. The first kappa shape index (κ1) is 10.4. The monoisotopic (exact) mass is 220 g/mol. The van der Waals surface area contributed by atoms with Gasteiger partial charge in [-0.1, -0.05) is 0 Å². The van der Waals surface area contributed by atoms with E-state index in [-0.39, 0.29) is 11.3 Å². The molecule has 5 heteroatoms. The number of nitrogen functional groups attached to an aromatic ring is 1. The Morgan fingerprint density at radius 3 is 2.94 bits per heavy atom. The van der Waals surface area contributed by atoms with E-state index in [1.54, 1.807) is 0 Å². The molecule has 0 spiro atoms. The number of anilines is 1. The number of fused-ring (bicyclic) bond motifs is 1. The number of halogens is 1. The van der Waals surface area contributed by atoms with Gasteiger partial charge in [0.15, 0.2) is 0 Å². The molecule has 2 N–H and O–H groups in total. The minimum Gasteiger partial charge on any atom is -0.465 e. The first-order valence-electron chi connectivity index (χ1n) is 4.55. The Kier molecular flexibility index (Phi) is 2.44. The molecule has 0 amide bonds. The zero-order valence-corrected chi connectivity index (χ0v) is 8.53. The van der Waals surface area contributed by atoms with Crippen molar-refractivity contribution in [1.82, 2.24) is 4.98 Å². The normalized spacial score (nSPS) is 10.4. The molecule has 1 aromatic carbocycles. The standard InChI is InChI=1S/C11H9FN2O2/c1-16-11(15)8-5-14-9-3-2-6(12)4-7(9)10(8)13/h2-5H,1H3,(H2,13,14). The number of aromatic nitrogens is 1. The molecule has 0 fully saturated rings. The minimum atomic E-state index is -0.587. The van der Waals surface area contributed by atoms with Gasteiger partial charge in [0.1, 0.15) is 11.4 Å². The maximum Gasteiger partial charge on any atom is 0.341 e. The number of nitrogens with two attached hydrogens (primary N) is 1. The highest BCUT2D eigenvalue weighted by molar-refractivity contribution is 6.03. The second-order valence-corrected chi connectivity index (χ2v) is 3.24. The Labute approximate surface area is 90.8 Å². The lowest BCUT2D eigenvalue weighted by molar-refractivity contribution is 0.0601. The van der Waals surface area contributed by atoms with Crippen molar-refractivity contribution in [2.45, 2.75) is 0 Å². The van der Waals surface area contributed by atoms with Crippen LogP contribution in [0.15, 0.2) is 24.4 Å². The van der Waals surface area contributed by atoms with Gasteiger partial charge in [-0.2, -0.15) is 0 Å². The molecule has 0 aliphatic rings. The van der Waals surface area contributed by atoms with Crippen LogP contribution in [0, 0.1) is 5.82 Å². The molecule has 16 heavy (non-hydrogen) atoms. The van der Waals surface area contributed by atoms with E-state index in [2.05, 4.69) is 9.72 Å². The Morgan fingerprint density at radius 2 is 2.25 bits per heavy atom. The van der Waals surface area contributed by atoms with Crippen LogP contribution in [0.5, 0.6) is 0 Å². The number of rotatable bonds is 1. The lowest BCUT2D eigenvalue weighted by Crippen LogP contribution is -2.07. The molecule has 0 aliphatic heterocycles. The number of esters is 1. The van der Waals surface area contributed by atoms with Crippen molar-refractivity contribution in [3.05, 3.63) is 35.8 Å². The van der Waals surface area contributed by atoms with Gasteiger partial charge in [0.05, 0.1) is 18.3 Å². The van der Waals surface area contributed by atoms with E-state index >= 15 is 0 Å². The molecule has 0 aliphatic carbocycles. The molecule has 0 bridgehead atoms. The number of ether oxygens (including phenoxy) is 1. The van der Waals surface area contributed by atoms with E-state index in [1.807, 2.05) is 0 Å². The van der Waals surface area contributed by atoms with Crippen LogP contribution in [-0.2, 0) is 4.74 Å². The predicted octanol–water partition coefficient (Wildman–Crippen LogP) is 1.74. The predicted molar refractivity (Wildman–Crippen MR) is 57.5 cm³/mol. The van der Waals surface area contributed by atoms with Crippen LogP contribution in [0.1, 0.15) is 10.4 Å². The van der Waals surface area contributed by atoms with Crippen LogP contribution in [0.3, 0.4) is 0 Å². The van der Waals surface area contributed by atoms with Gasteiger partial charge >= 0.3 is 5.97 Å². The molecular formula is C11H9FN2O2. The van der Waals surface area contributed by atoms with Crippen LogP contribution in [0.25, 0.3) is 10.9 Å². The number of hydrogen-bond acceptors (Lipinski definition) is 4. The van der Waals surface area contributed by atoms with Crippen molar-refractivity contribution >= 4 is 22.6 Å². The summed E-state index contributed by atoms with van der Waals surface area (Å²) in [6, 6.07) is 4.03. The quantitative estimate of drug-likeness (QED) is 0.743. The maximum atomic E-state index is 13.0. The van der Waals surface area contributed by atoms with Crippen molar-refractivity contribution in [2.75, 3.05) is 12.8 Å². The average Bonchev–Trinajstić information content (AvgIpc) is 2.29. The van der Waals surface area contributed by atoms with Gasteiger partial charge in [-0.15, -0.1) is 0 Å². The van der Waals surface area contributed by atoms with Crippen molar-refractivity contribution < 1.29 is 13.9 Å². The van der Waals surface area contributed by atoms with Gasteiger partial charge in [-0.25, -0.2) is 9.18 Å². The summed E-state index contributed by atoms with van der Waals surface area (Å²) in [6.07, 6.45) is 1.32. The highest BCUT2D eigenvalue weighted by Gasteiger charge is 2.13. The second kappa shape index (κ2) is 3.77. The summed E-state index contributed by atoms with van der Waals surface area (Å²) < 4.78 is 17.6. The molecule has 2 rings (SSSR count). The van der Waals surface area contributed by atoms with E-state index in [9.17, 15) is 9.18 Å². The molecule has 0 saturated heterocycles. The van der Waals surface area contributed by atoms with Crippen LogP contribution in [0.2, 0.25) is 0 Å². The Hall–Kier alpha value is -2.17. The number of hydrogen-bond donors (Lipinski definition) is 1. The van der Waals surface area contributed by atoms with Gasteiger partial charge in [-0.3, -0.25) is 4.98 Å². The molecule has 0 unspecified atom stereocenters. The third-order valence-electron chi connectivity index (χ3n) is 2.28. The summed E-state index contributed by atoms with van der Waals surface area (Å²) in [5.41, 5.74) is 6.61. The van der Waals surface area contributed by atoms with E-state index in [0.29, 0.717) is 10.9 Å². The highest BCUT2D eigenvalue weighted by Crippen LogP contribution is 2.24. The SMILES string of the molecule is COC(=O)c1cnc2ccc(F)cc2c1N. The molecule has 0 atom stereocenters. The summed E-state index contributed by atoms with van der Waals surface area (Å²) in [7, 11) is 1.25. The fraction of sp³-hybridized carbons (Fsp3) is 0.0909. The van der Waals surface area contributed by atoms with Gasteiger partial charge in [0.25, 0.3) is 0 Å². The molecule has 2 aromatic rings. The van der Waals surface area contributed by atoms with Crippen molar-refractivity contribution in [3.8, 4) is 0 Å². The fourth-order valence-electron chi connectivity index (χ4n) is 1.46. The van der Waals surface area contributed by atoms with Gasteiger partial charge in [0.2, 0.25) is 0 Å². The zero-order chi connectivity index (χ0) is 11.7. The van der Waals surface area contributed by atoms with Gasteiger partial charge in [0, 0.05) is 11.6 Å². The van der Waals surface area contributed by atoms with E-state index in [4.69, 9.17) is 5.73 Å². The molecule has 1 heterocycles. The zero-order valence-electron chi connectivity index (χ0n) is 8.53. The Balaban J connectivity index is 2.72.